The molecular weight excluding hydrogens is 648 g/mol. The van der Waals surface area contributed by atoms with E-state index < -0.39 is 41.2 Å². The normalized spacial score (nSPS) is 37.1. The van der Waals surface area contributed by atoms with E-state index >= 15 is 0 Å². The van der Waals surface area contributed by atoms with Gasteiger partial charge in [0.1, 0.15) is 30.0 Å². The zero-order valence-electron chi connectivity index (χ0n) is 29.1. The summed E-state index contributed by atoms with van der Waals surface area (Å²) in [6.45, 7) is 6.31. The first kappa shape index (κ1) is 35.9. The standard InChI is InChI=1S/C36H50N4O10/c1-19(41)48-30-29(20-6-10-27(43)47-18-20)35(3)15-13-23-24(36(35)31(30)50-36)8-7-21-17-22(12-14-34(21,23)2)49-28(44)11-9-26(42)40-25(32(45)46)5-4-16-39-33(37)38/h6,10,18,21-25,29-31H,4-5,7-9,11-17H2,1-3H3,(H,40,42)(H,45,46)(H4,37,38,39)/t21-,22+,23+,24-,25+,29+,30+,31-,34+,35-,36-/m1/s1. The van der Waals surface area contributed by atoms with Crippen LogP contribution in [0.2, 0.25) is 0 Å². The molecule has 1 saturated heterocycles. The number of aliphatic carboxylic acids is 1. The molecule has 274 valence electrons. The molecule has 4 saturated carbocycles. The Balaban J connectivity index is 1.06. The van der Waals surface area contributed by atoms with Gasteiger partial charge in [-0.25, -0.2) is 9.59 Å². The van der Waals surface area contributed by atoms with Crippen molar-refractivity contribution in [2.45, 2.75) is 127 Å². The monoisotopic (exact) mass is 698 g/mol. The molecule has 6 N–H and O–H groups in total. The van der Waals surface area contributed by atoms with Gasteiger partial charge in [0.15, 0.2) is 5.96 Å². The smallest absolute Gasteiger partial charge is 0.335 e. The zero-order chi connectivity index (χ0) is 36.0. The second kappa shape index (κ2) is 13.6. The summed E-state index contributed by atoms with van der Waals surface area (Å²) in [5, 5.41) is 11.9. The van der Waals surface area contributed by atoms with Crippen LogP contribution in [0.3, 0.4) is 0 Å². The third-order valence-corrected chi connectivity index (χ3v) is 12.9. The number of carbonyl (C=O) groups is 4. The van der Waals surface area contributed by atoms with Crippen LogP contribution in [0.4, 0.5) is 0 Å². The molecule has 1 aliphatic heterocycles. The van der Waals surface area contributed by atoms with Crippen LogP contribution in [-0.4, -0.2) is 71.4 Å². The summed E-state index contributed by atoms with van der Waals surface area (Å²) in [4.78, 5) is 64.8. The number of carboxylic acids is 1. The van der Waals surface area contributed by atoms with Gasteiger partial charge >= 0.3 is 23.5 Å². The van der Waals surface area contributed by atoms with Gasteiger partial charge in [-0.05, 0) is 92.6 Å². The highest BCUT2D eigenvalue weighted by atomic mass is 16.7. The Bertz CT molecular complexity index is 1570. The molecule has 0 bridgehead atoms. The number of aliphatic imine (C=N–C) groups is 1. The zero-order valence-corrected chi connectivity index (χ0v) is 29.1. The fourth-order valence-corrected chi connectivity index (χ4v) is 10.7. The van der Waals surface area contributed by atoms with E-state index in [4.69, 9.17) is 30.1 Å². The van der Waals surface area contributed by atoms with E-state index in [1.54, 1.807) is 6.07 Å². The Kier molecular flexibility index (Phi) is 9.79. The van der Waals surface area contributed by atoms with Gasteiger partial charge in [0.05, 0.1) is 12.7 Å². The van der Waals surface area contributed by atoms with Crippen LogP contribution in [0.5, 0.6) is 0 Å². The number of hydrogen-bond acceptors (Lipinski definition) is 10. The van der Waals surface area contributed by atoms with E-state index in [0.717, 1.165) is 50.5 Å². The number of nitrogens with two attached hydrogens (primary N) is 2. The van der Waals surface area contributed by atoms with Crippen LogP contribution < -0.4 is 22.4 Å². The quantitative estimate of drug-likeness (QED) is 0.0813. The molecule has 0 unspecified atom stereocenters. The van der Waals surface area contributed by atoms with Crippen molar-refractivity contribution < 1.29 is 42.9 Å². The molecular formula is C36H50N4O10. The predicted octanol–water partition coefficient (Wildman–Crippen LogP) is 2.75. The molecule has 5 fully saturated rings. The highest BCUT2D eigenvalue weighted by Crippen LogP contribution is 2.78. The number of ether oxygens (including phenoxy) is 3. The van der Waals surface area contributed by atoms with Crippen LogP contribution in [-0.2, 0) is 33.4 Å². The van der Waals surface area contributed by atoms with E-state index in [1.165, 1.54) is 19.3 Å². The van der Waals surface area contributed by atoms with E-state index in [0.29, 0.717) is 18.3 Å². The Morgan fingerprint density at radius 2 is 1.84 bits per heavy atom. The summed E-state index contributed by atoms with van der Waals surface area (Å²) in [6.07, 6.45) is 7.00. The van der Waals surface area contributed by atoms with E-state index in [9.17, 15) is 29.1 Å². The Labute approximate surface area is 291 Å². The lowest BCUT2D eigenvalue weighted by atomic mass is 9.44. The van der Waals surface area contributed by atoms with Gasteiger partial charge in [-0.3, -0.25) is 19.4 Å². The fourth-order valence-electron chi connectivity index (χ4n) is 10.7. The molecule has 1 aromatic rings. The minimum atomic E-state index is -1.17. The van der Waals surface area contributed by atoms with Crippen molar-refractivity contribution in [3.8, 4) is 0 Å². The van der Waals surface area contributed by atoms with Crippen molar-refractivity contribution in [3.05, 3.63) is 34.4 Å². The molecule has 14 heteroatoms. The number of nitrogens with one attached hydrogen (secondary N) is 1. The van der Waals surface area contributed by atoms with Crippen LogP contribution in [0.1, 0.15) is 103 Å². The van der Waals surface area contributed by atoms with E-state index in [1.807, 2.05) is 0 Å². The van der Waals surface area contributed by atoms with Gasteiger partial charge in [-0.1, -0.05) is 13.8 Å². The number of amides is 1. The minimum absolute atomic E-state index is 0.0277. The Morgan fingerprint density at radius 1 is 1.06 bits per heavy atom. The van der Waals surface area contributed by atoms with Crippen molar-refractivity contribution in [2.24, 2.45) is 45.0 Å². The lowest BCUT2D eigenvalue weighted by Gasteiger charge is -2.61. The average Bonchev–Trinajstić information content (AvgIpc) is 3.76. The topological polar surface area (TPSA) is 226 Å². The number of guanidine groups is 1. The second-order valence-electron chi connectivity index (χ2n) is 15.5. The third kappa shape index (κ3) is 6.39. The average molecular weight is 699 g/mol. The molecule has 1 amide bonds. The van der Waals surface area contributed by atoms with Crippen molar-refractivity contribution in [3.63, 3.8) is 0 Å². The van der Waals surface area contributed by atoms with Gasteiger partial charge in [0.2, 0.25) is 5.91 Å². The first-order valence-corrected chi connectivity index (χ1v) is 17.9. The minimum Gasteiger partial charge on any atom is -0.480 e. The molecule has 4 aliphatic carbocycles. The maximum Gasteiger partial charge on any atom is 0.335 e. The molecule has 1 aromatic heterocycles. The molecule has 2 heterocycles. The molecule has 1 spiro atoms. The van der Waals surface area contributed by atoms with Crippen LogP contribution in [0.15, 0.2) is 32.6 Å². The molecule has 11 atom stereocenters. The second-order valence-corrected chi connectivity index (χ2v) is 15.5. The van der Waals surface area contributed by atoms with Crippen LogP contribution in [0, 0.1) is 28.6 Å². The van der Waals surface area contributed by atoms with Crippen molar-refractivity contribution >= 4 is 29.8 Å². The fraction of sp³-hybridized carbons (Fsp3) is 0.722. The Hall–Kier alpha value is -3.94. The van der Waals surface area contributed by atoms with Crippen molar-refractivity contribution in [1.29, 1.82) is 0 Å². The summed E-state index contributed by atoms with van der Waals surface area (Å²) in [7, 11) is 0. The van der Waals surface area contributed by atoms with Crippen LogP contribution in [0.25, 0.3) is 0 Å². The number of carbonyl (C=O) groups excluding carboxylic acids is 3. The van der Waals surface area contributed by atoms with E-state index in [2.05, 4.69) is 24.2 Å². The van der Waals surface area contributed by atoms with Gasteiger partial charge < -0.3 is 40.5 Å². The van der Waals surface area contributed by atoms with E-state index in [-0.39, 0.29) is 72.6 Å². The lowest BCUT2D eigenvalue weighted by Crippen LogP contribution is -2.58. The van der Waals surface area contributed by atoms with Crippen LogP contribution >= 0.6 is 0 Å². The number of fused-ring (bicyclic) bond motifs is 3. The number of epoxide rings is 1. The van der Waals surface area contributed by atoms with Crippen molar-refractivity contribution in [1.82, 2.24) is 5.32 Å². The van der Waals surface area contributed by atoms with Crippen molar-refractivity contribution in [2.75, 3.05) is 6.54 Å². The first-order valence-electron chi connectivity index (χ1n) is 17.9. The third-order valence-electron chi connectivity index (χ3n) is 12.9. The molecule has 0 aromatic carbocycles. The highest BCUT2D eigenvalue weighted by molar-refractivity contribution is 5.85. The number of esters is 2. The summed E-state index contributed by atoms with van der Waals surface area (Å²) in [6, 6.07) is 2.12. The number of rotatable bonds is 12. The summed E-state index contributed by atoms with van der Waals surface area (Å²) < 4.78 is 23.8. The lowest BCUT2D eigenvalue weighted by molar-refractivity contribution is -0.168. The number of hydrogen-bond donors (Lipinski definition) is 4. The first-order chi connectivity index (χ1) is 23.7. The van der Waals surface area contributed by atoms with Gasteiger partial charge in [-0.15, -0.1) is 0 Å². The predicted molar refractivity (Wildman–Crippen MR) is 178 cm³/mol. The molecule has 6 rings (SSSR count). The summed E-state index contributed by atoms with van der Waals surface area (Å²) in [5.74, 6) is -1.72. The maximum absolute atomic E-state index is 12.8. The molecule has 14 nitrogen and oxygen atoms in total. The summed E-state index contributed by atoms with van der Waals surface area (Å²) >= 11 is 0. The molecule has 5 aliphatic rings. The maximum atomic E-state index is 12.8. The van der Waals surface area contributed by atoms with Gasteiger partial charge in [-0.2, -0.15) is 0 Å². The number of nitrogens with zero attached hydrogens (tertiary/aromatic N) is 1. The highest BCUT2D eigenvalue weighted by Gasteiger charge is 2.84. The Morgan fingerprint density at radius 3 is 2.52 bits per heavy atom. The number of carboxylic acid groups (broad SMARTS) is 1. The SMILES string of the molecule is CC(=O)O[C@@H]1[C@H]2O[C@]23[C@@H]2CC[C@@H]4C[C@@H](OC(=O)CCC(=O)N[C@@H](CCCN=C(N)N)C(=O)O)CC[C@]4(C)[C@H]2CC[C@]3(C)[C@H]1c1ccc(=O)oc1. The molecule has 50 heavy (non-hydrogen) atoms. The summed E-state index contributed by atoms with van der Waals surface area (Å²) in [5.41, 5.74) is 10.3. The largest absolute Gasteiger partial charge is 0.480 e. The van der Waals surface area contributed by atoms with Gasteiger partial charge in [0.25, 0.3) is 0 Å². The molecule has 0 radical (unpaired) electrons. The van der Waals surface area contributed by atoms with Gasteiger partial charge in [0, 0.05) is 37.3 Å².